The normalized spacial score (nSPS) is 18.4. The van der Waals surface area contributed by atoms with Crippen LogP contribution in [0.4, 0.5) is 0 Å². The van der Waals surface area contributed by atoms with Crippen LogP contribution in [0.15, 0.2) is 72.8 Å². The molecule has 9 heteroatoms. The summed E-state index contributed by atoms with van der Waals surface area (Å²) >= 11 is 0. The lowest BCUT2D eigenvalue weighted by Gasteiger charge is -2.28. The van der Waals surface area contributed by atoms with Crippen molar-refractivity contribution >= 4 is 20.0 Å². The van der Waals surface area contributed by atoms with Gasteiger partial charge in [0.2, 0.25) is 20.0 Å². The van der Waals surface area contributed by atoms with E-state index in [1.54, 1.807) is 24.3 Å². The molecule has 1 aliphatic heterocycles. The third kappa shape index (κ3) is 8.04. The first kappa shape index (κ1) is 25.6. The van der Waals surface area contributed by atoms with Crippen LogP contribution in [0.2, 0.25) is 0 Å². The molecule has 0 unspecified atom stereocenters. The van der Waals surface area contributed by atoms with Gasteiger partial charge < -0.3 is 5.32 Å². The van der Waals surface area contributed by atoms with E-state index in [1.807, 2.05) is 36.4 Å². The topological polar surface area (TPSA) is 86.8 Å². The SMILES string of the molecule is C=C1CN(S(=O)(=O)Cc2ccccc2)CCCNCCCN(S(=O)(=O)Cc2ccccc2)C1. The molecule has 0 radical (unpaired) electrons. The van der Waals surface area contributed by atoms with Gasteiger partial charge in [-0.05, 0) is 42.6 Å². The van der Waals surface area contributed by atoms with E-state index in [1.165, 1.54) is 8.61 Å². The van der Waals surface area contributed by atoms with Crippen LogP contribution >= 0.6 is 0 Å². The molecule has 0 atom stereocenters. The van der Waals surface area contributed by atoms with Gasteiger partial charge in [-0.15, -0.1) is 0 Å². The first-order valence-electron chi connectivity index (χ1n) is 11.2. The number of nitrogens with one attached hydrogen (secondary N) is 1. The minimum absolute atomic E-state index is 0.0927. The van der Waals surface area contributed by atoms with E-state index in [0.717, 1.165) is 11.1 Å². The number of rotatable bonds is 6. The van der Waals surface area contributed by atoms with Gasteiger partial charge in [0.05, 0.1) is 11.5 Å². The molecule has 0 aromatic heterocycles. The predicted molar refractivity (Wildman–Crippen MR) is 133 cm³/mol. The summed E-state index contributed by atoms with van der Waals surface area (Å²) in [5, 5.41) is 3.29. The van der Waals surface area contributed by atoms with Gasteiger partial charge in [0.15, 0.2) is 0 Å². The summed E-state index contributed by atoms with van der Waals surface area (Å²) < 4.78 is 55.6. The minimum atomic E-state index is -3.58. The van der Waals surface area contributed by atoms with Crippen LogP contribution in [0.25, 0.3) is 0 Å². The molecule has 3 rings (SSSR count). The van der Waals surface area contributed by atoms with Crippen LogP contribution in [0, 0.1) is 0 Å². The fraction of sp³-hybridized carbons (Fsp3) is 0.417. The Morgan fingerprint density at radius 3 is 1.48 bits per heavy atom. The molecule has 1 heterocycles. The van der Waals surface area contributed by atoms with Crippen molar-refractivity contribution in [3.8, 4) is 0 Å². The van der Waals surface area contributed by atoms with Crippen molar-refractivity contribution in [3.63, 3.8) is 0 Å². The second-order valence-corrected chi connectivity index (χ2v) is 12.3. The van der Waals surface area contributed by atoms with E-state index in [4.69, 9.17) is 0 Å². The molecule has 0 bridgehead atoms. The van der Waals surface area contributed by atoms with Crippen LogP contribution < -0.4 is 5.32 Å². The maximum absolute atomic E-state index is 13.2. The maximum Gasteiger partial charge on any atom is 0.218 e. The molecular weight excluding hydrogens is 458 g/mol. The Labute approximate surface area is 198 Å². The van der Waals surface area contributed by atoms with Gasteiger partial charge in [-0.3, -0.25) is 0 Å². The first-order valence-corrected chi connectivity index (χ1v) is 14.4. The average molecular weight is 492 g/mol. The minimum Gasteiger partial charge on any atom is -0.317 e. The smallest absolute Gasteiger partial charge is 0.218 e. The van der Waals surface area contributed by atoms with Crippen molar-refractivity contribution in [2.75, 3.05) is 39.3 Å². The molecule has 0 saturated carbocycles. The lowest BCUT2D eigenvalue weighted by molar-refractivity contribution is 0.380. The van der Waals surface area contributed by atoms with Crippen molar-refractivity contribution in [1.82, 2.24) is 13.9 Å². The highest BCUT2D eigenvalue weighted by Gasteiger charge is 2.27. The van der Waals surface area contributed by atoms with Crippen LogP contribution in [-0.4, -0.2) is 64.7 Å². The van der Waals surface area contributed by atoms with E-state index < -0.39 is 20.0 Å². The molecule has 0 spiro atoms. The van der Waals surface area contributed by atoms with Crippen molar-refractivity contribution in [2.45, 2.75) is 24.3 Å². The molecule has 33 heavy (non-hydrogen) atoms. The molecule has 1 aliphatic rings. The second-order valence-electron chi connectivity index (χ2n) is 8.36. The Hall–Kier alpha value is -2.04. The van der Waals surface area contributed by atoms with Crippen molar-refractivity contribution in [3.05, 3.63) is 83.9 Å². The fourth-order valence-corrected chi connectivity index (χ4v) is 6.99. The lowest BCUT2D eigenvalue weighted by Crippen LogP contribution is -2.41. The number of nitrogens with zero attached hydrogens (tertiary/aromatic N) is 2. The molecule has 180 valence electrons. The zero-order valence-corrected chi connectivity index (χ0v) is 20.5. The summed E-state index contributed by atoms with van der Waals surface area (Å²) in [5.74, 6) is -0.185. The van der Waals surface area contributed by atoms with Gasteiger partial charge >= 0.3 is 0 Å². The highest BCUT2D eigenvalue weighted by atomic mass is 32.2. The van der Waals surface area contributed by atoms with E-state index in [0.29, 0.717) is 44.6 Å². The Balaban J connectivity index is 1.76. The number of sulfonamides is 2. The Morgan fingerprint density at radius 2 is 1.09 bits per heavy atom. The summed E-state index contributed by atoms with van der Waals surface area (Å²) in [6, 6.07) is 18.2. The van der Waals surface area contributed by atoms with E-state index in [9.17, 15) is 16.8 Å². The van der Waals surface area contributed by atoms with Crippen LogP contribution in [0.1, 0.15) is 24.0 Å². The maximum atomic E-state index is 13.2. The van der Waals surface area contributed by atoms with Crippen LogP contribution in [0.5, 0.6) is 0 Å². The third-order valence-corrected chi connectivity index (χ3v) is 9.09. The molecule has 0 aliphatic carbocycles. The highest BCUT2D eigenvalue weighted by Crippen LogP contribution is 2.17. The largest absolute Gasteiger partial charge is 0.317 e. The molecule has 1 fully saturated rings. The molecule has 0 amide bonds. The molecule has 1 N–H and O–H groups in total. The molecule has 7 nitrogen and oxygen atoms in total. The van der Waals surface area contributed by atoms with E-state index in [2.05, 4.69) is 11.9 Å². The average Bonchev–Trinajstić information content (AvgIpc) is 2.76. The van der Waals surface area contributed by atoms with Gasteiger partial charge in [0, 0.05) is 26.2 Å². The predicted octanol–water partition coefficient (Wildman–Crippen LogP) is 2.59. The quantitative estimate of drug-likeness (QED) is 0.628. The van der Waals surface area contributed by atoms with Gasteiger partial charge in [-0.2, -0.15) is 8.61 Å². The van der Waals surface area contributed by atoms with E-state index >= 15 is 0 Å². The van der Waals surface area contributed by atoms with Gasteiger partial charge in [0.25, 0.3) is 0 Å². The Kier molecular flexibility index (Phi) is 9.22. The summed E-state index contributed by atoms with van der Waals surface area (Å²) in [5.41, 5.74) is 2.01. The highest BCUT2D eigenvalue weighted by molar-refractivity contribution is 7.88. The second kappa shape index (κ2) is 11.9. The Morgan fingerprint density at radius 1 is 0.697 bits per heavy atom. The lowest BCUT2D eigenvalue weighted by atomic mass is 10.2. The zero-order chi connectivity index (χ0) is 23.7. The molecule has 1 saturated heterocycles. The summed E-state index contributed by atoms with van der Waals surface area (Å²) in [6.07, 6.45) is 1.36. The summed E-state index contributed by atoms with van der Waals surface area (Å²) in [6.45, 7) is 6.32. The first-order chi connectivity index (χ1) is 15.8. The molecular formula is C24H33N3O4S2. The molecule has 2 aromatic carbocycles. The van der Waals surface area contributed by atoms with Crippen molar-refractivity contribution < 1.29 is 16.8 Å². The third-order valence-electron chi connectivity index (χ3n) is 5.49. The number of hydrogen-bond donors (Lipinski definition) is 1. The van der Waals surface area contributed by atoms with E-state index in [-0.39, 0.29) is 24.6 Å². The Bertz CT molecular complexity index is 1020. The standard InChI is InChI=1S/C24H33N3O4S2/c1-22-18-26(32(28,29)20-23-10-4-2-5-11-23)16-8-14-25-15-9-17-27(19-22)33(30,31)21-24-12-6-3-7-13-24/h2-7,10-13,25H,1,8-9,14-21H2. The van der Waals surface area contributed by atoms with Crippen molar-refractivity contribution in [1.29, 1.82) is 0 Å². The van der Waals surface area contributed by atoms with Crippen LogP contribution in [-0.2, 0) is 31.6 Å². The van der Waals surface area contributed by atoms with Gasteiger partial charge in [0.1, 0.15) is 0 Å². The van der Waals surface area contributed by atoms with Crippen LogP contribution in [0.3, 0.4) is 0 Å². The zero-order valence-electron chi connectivity index (χ0n) is 18.9. The van der Waals surface area contributed by atoms with Crippen molar-refractivity contribution in [2.24, 2.45) is 0 Å². The van der Waals surface area contributed by atoms with Gasteiger partial charge in [-0.1, -0.05) is 67.2 Å². The summed E-state index contributed by atoms with van der Waals surface area (Å²) in [4.78, 5) is 0. The number of benzene rings is 2. The fourth-order valence-electron chi connectivity index (χ4n) is 3.82. The monoisotopic (exact) mass is 491 g/mol. The number of hydrogen-bond acceptors (Lipinski definition) is 5. The van der Waals surface area contributed by atoms with Gasteiger partial charge in [-0.25, -0.2) is 16.8 Å². The molecule has 2 aromatic rings. The summed E-state index contributed by atoms with van der Waals surface area (Å²) in [7, 11) is -7.17.